The lowest BCUT2D eigenvalue weighted by Gasteiger charge is -2.24. The summed E-state index contributed by atoms with van der Waals surface area (Å²) < 4.78 is 0. The molecule has 3 nitrogen and oxygen atoms in total. The second-order valence-electron chi connectivity index (χ2n) is 7.11. The Kier molecular flexibility index (Phi) is 3.72. The molecule has 0 radical (unpaired) electrons. The van der Waals surface area contributed by atoms with Gasteiger partial charge in [0.05, 0.1) is 0 Å². The van der Waals surface area contributed by atoms with Crippen LogP contribution < -0.4 is 5.32 Å². The van der Waals surface area contributed by atoms with E-state index in [4.69, 9.17) is 0 Å². The monoisotopic (exact) mass is 308 g/mol. The van der Waals surface area contributed by atoms with Crippen LogP contribution in [0.1, 0.15) is 42.5 Å². The summed E-state index contributed by atoms with van der Waals surface area (Å²) in [6.45, 7) is 2.13. The molecule has 1 amide bonds. The predicted molar refractivity (Wildman–Crippen MR) is 93.5 cm³/mol. The molecule has 1 aromatic carbocycles. The molecule has 2 aliphatic rings. The Morgan fingerprint density at radius 2 is 2.26 bits per heavy atom. The number of fused-ring (bicyclic) bond motifs is 3. The summed E-state index contributed by atoms with van der Waals surface area (Å²) in [6.07, 6.45) is 10.3. The van der Waals surface area contributed by atoms with Crippen LogP contribution >= 0.6 is 0 Å². The fraction of sp³-hybridized carbons (Fsp3) is 0.450. The van der Waals surface area contributed by atoms with Crippen molar-refractivity contribution in [3.8, 4) is 0 Å². The van der Waals surface area contributed by atoms with Gasteiger partial charge in [-0.1, -0.05) is 23.8 Å². The van der Waals surface area contributed by atoms with Crippen LogP contribution in [-0.2, 0) is 17.6 Å². The summed E-state index contributed by atoms with van der Waals surface area (Å²) >= 11 is 0. The molecular formula is C20H24N2O. The van der Waals surface area contributed by atoms with E-state index in [0.29, 0.717) is 12.3 Å². The van der Waals surface area contributed by atoms with Crippen LogP contribution in [0.25, 0.3) is 10.9 Å². The largest absolute Gasteiger partial charge is 0.358 e. The Morgan fingerprint density at radius 3 is 3.09 bits per heavy atom. The van der Waals surface area contributed by atoms with Gasteiger partial charge in [0.2, 0.25) is 5.91 Å². The first-order valence-corrected chi connectivity index (χ1v) is 8.75. The van der Waals surface area contributed by atoms with Crippen LogP contribution in [-0.4, -0.2) is 16.9 Å². The van der Waals surface area contributed by atoms with Gasteiger partial charge in [0.15, 0.2) is 0 Å². The molecule has 0 bridgehead atoms. The van der Waals surface area contributed by atoms with Crippen LogP contribution in [0.5, 0.6) is 0 Å². The number of aromatic nitrogens is 1. The number of hydrogen-bond donors (Lipinski definition) is 2. The molecule has 1 heterocycles. The first kappa shape index (κ1) is 14.6. The predicted octanol–water partition coefficient (Wildman–Crippen LogP) is 3.81. The van der Waals surface area contributed by atoms with Gasteiger partial charge in [0, 0.05) is 29.1 Å². The number of H-pyrrole nitrogens is 1. The van der Waals surface area contributed by atoms with Gasteiger partial charge in [-0.15, -0.1) is 0 Å². The van der Waals surface area contributed by atoms with E-state index in [1.165, 1.54) is 27.7 Å². The fourth-order valence-electron chi connectivity index (χ4n) is 4.04. The molecule has 2 atom stereocenters. The Hall–Kier alpha value is -2.03. The van der Waals surface area contributed by atoms with Crippen molar-refractivity contribution in [1.82, 2.24) is 10.3 Å². The van der Waals surface area contributed by atoms with E-state index < -0.39 is 0 Å². The third kappa shape index (κ3) is 2.92. The molecule has 23 heavy (non-hydrogen) atoms. The van der Waals surface area contributed by atoms with Crippen LogP contribution in [0.3, 0.4) is 0 Å². The fourth-order valence-corrected chi connectivity index (χ4v) is 4.04. The second-order valence-corrected chi connectivity index (χ2v) is 7.11. The Labute approximate surface area is 137 Å². The molecule has 3 heteroatoms. The number of carbonyl (C=O) groups is 1. The molecule has 0 aliphatic heterocycles. The molecule has 0 fully saturated rings. The first-order chi connectivity index (χ1) is 11.2. The summed E-state index contributed by atoms with van der Waals surface area (Å²) in [7, 11) is 0. The molecule has 2 aliphatic carbocycles. The van der Waals surface area contributed by atoms with E-state index in [2.05, 4.69) is 47.6 Å². The maximum atomic E-state index is 12.3. The first-order valence-electron chi connectivity index (χ1n) is 8.75. The van der Waals surface area contributed by atoms with Gasteiger partial charge in [-0.2, -0.15) is 0 Å². The number of nitrogens with one attached hydrogen (secondary N) is 2. The van der Waals surface area contributed by atoms with E-state index in [1.807, 2.05) is 0 Å². The summed E-state index contributed by atoms with van der Waals surface area (Å²) in [5.74, 6) is 0.663. The highest BCUT2D eigenvalue weighted by Crippen LogP contribution is 2.30. The van der Waals surface area contributed by atoms with Crippen molar-refractivity contribution in [1.29, 1.82) is 0 Å². The van der Waals surface area contributed by atoms with E-state index in [9.17, 15) is 4.79 Å². The van der Waals surface area contributed by atoms with Crippen molar-refractivity contribution in [2.24, 2.45) is 5.92 Å². The molecule has 120 valence electrons. The van der Waals surface area contributed by atoms with Crippen molar-refractivity contribution >= 4 is 16.8 Å². The lowest BCUT2D eigenvalue weighted by Crippen LogP contribution is -2.39. The minimum Gasteiger partial charge on any atom is -0.358 e. The summed E-state index contributed by atoms with van der Waals surface area (Å²) in [4.78, 5) is 15.8. The Morgan fingerprint density at radius 1 is 1.35 bits per heavy atom. The lowest BCUT2D eigenvalue weighted by atomic mass is 9.91. The van der Waals surface area contributed by atoms with Gasteiger partial charge >= 0.3 is 0 Å². The Bertz CT molecular complexity index is 771. The van der Waals surface area contributed by atoms with Gasteiger partial charge in [-0.3, -0.25) is 4.79 Å². The average Bonchev–Trinajstić information content (AvgIpc) is 3.14. The van der Waals surface area contributed by atoms with E-state index >= 15 is 0 Å². The summed E-state index contributed by atoms with van der Waals surface area (Å²) in [6, 6.07) is 6.86. The van der Waals surface area contributed by atoms with E-state index in [-0.39, 0.29) is 11.9 Å². The molecule has 4 rings (SSSR count). The van der Waals surface area contributed by atoms with Crippen LogP contribution in [0, 0.1) is 12.8 Å². The average molecular weight is 308 g/mol. The van der Waals surface area contributed by atoms with Gasteiger partial charge in [-0.05, 0) is 62.6 Å². The topological polar surface area (TPSA) is 44.9 Å². The zero-order chi connectivity index (χ0) is 15.8. The highest BCUT2D eigenvalue weighted by Gasteiger charge is 2.24. The van der Waals surface area contributed by atoms with Gasteiger partial charge in [0.25, 0.3) is 0 Å². The zero-order valence-corrected chi connectivity index (χ0v) is 13.7. The summed E-state index contributed by atoms with van der Waals surface area (Å²) in [5.41, 5.74) is 5.28. The van der Waals surface area contributed by atoms with Gasteiger partial charge < -0.3 is 10.3 Å². The number of carbonyl (C=O) groups excluding carboxylic acids is 1. The van der Waals surface area contributed by atoms with E-state index in [0.717, 1.165) is 32.1 Å². The minimum atomic E-state index is 0.214. The molecular weight excluding hydrogens is 284 g/mol. The maximum Gasteiger partial charge on any atom is 0.220 e. The number of aryl methyl sites for hydroxylation is 2. The van der Waals surface area contributed by atoms with E-state index in [1.54, 1.807) is 0 Å². The third-order valence-corrected chi connectivity index (χ3v) is 5.27. The SMILES string of the molecule is Cc1ccc2[nH]c3c(c2c1)C[C@H](NC(=O)C[C@@H]1C=CCC1)CC3. The van der Waals surface area contributed by atoms with Crippen molar-refractivity contribution in [3.05, 3.63) is 47.2 Å². The molecule has 0 spiro atoms. The number of amides is 1. The normalized spacial score (nSPS) is 23.2. The lowest BCUT2D eigenvalue weighted by molar-refractivity contribution is -0.122. The third-order valence-electron chi connectivity index (χ3n) is 5.27. The number of aromatic amines is 1. The molecule has 0 unspecified atom stereocenters. The summed E-state index contributed by atoms with van der Waals surface area (Å²) in [5, 5.41) is 4.60. The molecule has 2 N–H and O–H groups in total. The van der Waals surface area contributed by atoms with Gasteiger partial charge in [0.1, 0.15) is 0 Å². The van der Waals surface area contributed by atoms with Crippen molar-refractivity contribution in [3.63, 3.8) is 0 Å². The standard InChI is InChI=1S/C20H24N2O/c1-13-6-8-18-16(10-13)17-12-15(7-9-19(17)22-18)21-20(23)11-14-4-2-3-5-14/h2,4,6,8,10,14-15,22H,3,5,7,9,11-12H2,1H3,(H,21,23)/t14-,15-/m1/s1. The maximum absolute atomic E-state index is 12.3. The number of benzene rings is 1. The van der Waals surface area contributed by atoms with Crippen LogP contribution in [0.4, 0.5) is 0 Å². The van der Waals surface area contributed by atoms with Crippen LogP contribution in [0.2, 0.25) is 0 Å². The minimum absolute atomic E-state index is 0.214. The second kappa shape index (κ2) is 5.88. The highest BCUT2D eigenvalue weighted by atomic mass is 16.1. The van der Waals surface area contributed by atoms with Crippen molar-refractivity contribution in [2.75, 3.05) is 0 Å². The number of allylic oxidation sites excluding steroid dienone is 2. The smallest absolute Gasteiger partial charge is 0.220 e. The Balaban J connectivity index is 1.47. The van der Waals surface area contributed by atoms with Crippen molar-refractivity contribution in [2.45, 2.75) is 51.5 Å². The molecule has 0 saturated carbocycles. The zero-order valence-electron chi connectivity index (χ0n) is 13.7. The van der Waals surface area contributed by atoms with Gasteiger partial charge in [-0.25, -0.2) is 0 Å². The number of hydrogen-bond acceptors (Lipinski definition) is 1. The number of rotatable bonds is 3. The quantitative estimate of drug-likeness (QED) is 0.832. The van der Waals surface area contributed by atoms with Crippen molar-refractivity contribution < 1.29 is 4.79 Å². The molecule has 1 aromatic heterocycles. The van der Waals surface area contributed by atoms with Crippen LogP contribution in [0.15, 0.2) is 30.4 Å². The highest BCUT2D eigenvalue weighted by molar-refractivity contribution is 5.86. The molecule has 2 aromatic rings. The molecule has 0 saturated heterocycles.